The molecule has 0 unspecified atom stereocenters. The number of nitrogens with one attached hydrogen (secondary N) is 1. The maximum atomic E-state index is 4.70. The minimum Gasteiger partial charge on any atom is -0.309 e. The summed E-state index contributed by atoms with van der Waals surface area (Å²) in [5, 5.41) is 6.64. The summed E-state index contributed by atoms with van der Waals surface area (Å²) in [4.78, 5) is 4.70. The van der Waals surface area contributed by atoms with E-state index in [9.17, 15) is 0 Å². The van der Waals surface area contributed by atoms with Crippen molar-refractivity contribution in [1.82, 2.24) is 10.3 Å². The Hall–Kier alpha value is -1.19. The van der Waals surface area contributed by atoms with Crippen molar-refractivity contribution < 1.29 is 0 Å². The zero-order valence-corrected chi connectivity index (χ0v) is 13.8. The van der Waals surface area contributed by atoms with E-state index in [2.05, 4.69) is 69.6 Å². The minimum absolute atomic E-state index is 0.202. The average Bonchev–Trinajstić information content (AvgIpc) is 2.84. The number of thiazole rings is 1. The Bertz CT molecular complexity index is 547. The smallest absolute Gasteiger partial charge is 0.123 e. The predicted molar refractivity (Wildman–Crippen MR) is 88.2 cm³/mol. The van der Waals surface area contributed by atoms with Gasteiger partial charge in [-0.2, -0.15) is 0 Å². The summed E-state index contributed by atoms with van der Waals surface area (Å²) in [6, 6.07) is 9.27. The molecule has 0 amide bonds. The summed E-state index contributed by atoms with van der Waals surface area (Å²) in [6.07, 6.45) is 0. The van der Waals surface area contributed by atoms with Crippen LogP contribution < -0.4 is 5.32 Å². The predicted octanol–water partition coefficient (Wildman–Crippen LogP) is 4.61. The van der Waals surface area contributed by atoms with Crippen molar-refractivity contribution in [2.24, 2.45) is 0 Å². The van der Waals surface area contributed by atoms with Gasteiger partial charge in [0.05, 0.1) is 5.69 Å². The first-order chi connectivity index (χ1) is 9.36. The summed E-state index contributed by atoms with van der Waals surface area (Å²) < 4.78 is 0. The van der Waals surface area contributed by atoms with Crippen LogP contribution in [0.5, 0.6) is 0 Å². The van der Waals surface area contributed by atoms with E-state index in [0.29, 0.717) is 6.04 Å². The molecule has 1 N–H and O–H groups in total. The monoisotopic (exact) mass is 288 g/mol. The fraction of sp³-hybridized carbons (Fsp3) is 0.471. The Kier molecular flexibility index (Phi) is 4.61. The van der Waals surface area contributed by atoms with Gasteiger partial charge < -0.3 is 5.32 Å². The Morgan fingerprint density at radius 2 is 1.80 bits per heavy atom. The Labute approximate surface area is 126 Å². The van der Waals surface area contributed by atoms with E-state index in [-0.39, 0.29) is 5.41 Å². The van der Waals surface area contributed by atoms with Crippen molar-refractivity contribution in [2.75, 3.05) is 0 Å². The molecular formula is C17H24N2S. The Morgan fingerprint density at radius 3 is 2.35 bits per heavy atom. The van der Waals surface area contributed by atoms with Crippen molar-refractivity contribution >= 4 is 11.3 Å². The zero-order chi connectivity index (χ0) is 14.8. The fourth-order valence-corrected chi connectivity index (χ4v) is 2.77. The molecule has 0 saturated carbocycles. The lowest BCUT2D eigenvalue weighted by molar-refractivity contribution is 0.583. The fourth-order valence-electron chi connectivity index (χ4n) is 1.94. The van der Waals surface area contributed by atoms with Crippen LogP contribution >= 0.6 is 11.3 Å². The van der Waals surface area contributed by atoms with E-state index in [1.54, 1.807) is 11.3 Å². The first kappa shape index (κ1) is 15.2. The summed E-state index contributed by atoms with van der Waals surface area (Å²) >= 11 is 1.72. The van der Waals surface area contributed by atoms with Crippen LogP contribution in [0, 0.1) is 0 Å². The molecule has 1 aromatic heterocycles. The molecule has 20 heavy (non-hydrogen) atoms. The molecule has 2 rings (SSSR count). The summed E-state index contributed by atoms with van der Waals surface area (Å²) in [7, 11) is 0. The van der Waals surface area contributed by atoms with Crippen molar-refractivity contribution in [3.8, 4) is 10.6 Å². The van der Waals surface area contributed by atoms with Crippen LogP contribution in [0.15, 0.2) is 29.6 Å². The van der Waals surface area contributed by atoms with Crippen LogP contribution in [-0.4, -0.2) is 11.0 Å². The van der Waals surface area contributed by atoms with Crippen molar-refractivity contribution in [3.63, 3.8) is 0 Å². The van der Waals surface area contributed by atoms with Gasteiger partial charge >= 0.3 is 0 Å². The molecule has 0 saturated heterocycles. The maximum absolute atomic E-state index is 4.70. The topological polar surface area (TPSA) is 24.9 Å². The number of rotatable bonds is 4. The van der Waals surface area contributed by atoms with Crippen molar-refractivity contribution in [3.05, 3.63) is 40.9 Å². The normalized spacial score (nSPS) is 12.1. The highest BCUT2D eigenvalue weighted by Crippen LogP contribution is 2.27. The van der Waals surface area contributed by atoms with Gasteiger partial charge in [-0.1, -0.05) is 58.9 Å². The van der Waals surface area contributed by atoms with E-state index in [1.807, 2.05) is 0 Å². The first-order valence-electron chi connectivity index (χ1n) is 7.15. The standard InChI is InChI=1S/C17H24N2S/c1-12(2)18-10-15-11-20-16(19-15)13-6-8-14(9-7-13)17(3,4)5/h6-9,11-12,18H,10H2,1-5H3. The Balaban J connectivity index is 2.12. The van der Waals surface area contributed by atoms with Crippen LogP contribution in [0.2, 0.25) is 0 Å². The SMILES string of the molecule is CC(C)NCc1csc(-c2ccc(C(C)(C)C)cc2)n1. The van der Waals surface area contributed by atoms with Gasteiger partial charge in [-0.05, 0) is 11.0 Å². The van der Waals surface area contributed by atoms with Gasteiger partial charge in [0.2, 0.25) is 0 Å². The van der Waals surface area contributed by atoms with E-state index < -0.39 is 0 Å². The minimum atomic E-state index is 0.202. The third-order valence-electron chi connectivity index (χ3n) is 3.24. The molecule has 2 nitrogen and oxygen atoms in total. The lowest BCUT2D eigenvalue weighted by atomic mass is 9.87. The molecule has 1 aromatic carbocycles. The van der Waals surface area contributed by atoms with Gasteiger partial charge in [0.15, 0.2) is 0 Å². The first-order valence-corrected chi connectivity index (χ1v) is 8.03. The molecule has 0 bridgehead atoms. The summed E-state index contributed by atoms with van der Waals surface area (Å²) in [5.74, 6) is 0. The van der Waals surface area contributed by atoms with Crippen LogP contribution in [-0.2, 0) is 12.0 Å². The summed E-state index contributed by atoms with van der Waals surface area (Å²) in [5.41, 5.74) is 3.89. The molecule has 0 atom stereocenters. The van der Waals surface area contributed by atoms with Crippen LogP contribution in [0.4, 0.5) is 0 Å². The van der Waals surface area contributed by atoms with Gasteiger partial charge in [-0.25, -0.2) is 4.98 Å². The number of hydrogen-bond donors (Lipinski definition) is 1. The van der Waals surface area contributed by atoms with Gasteiger partial charge in [0, 0.05) is 23.5 Å². The quantitative estimate of drug-likeness (QED) is 0.889. The molecule has 3 heteroatoms. The molecule has 0 aliphatic carbocycles. The highest BCUT2D eigenvalue weighted by atomic mass is 32.1. The second-order valence-electron chi connectivity index (χ2n) is 6.51. The molecule has 108 valence electrons. The Morgan fingerprint density at radius 1 is 1.15 bits per heavy atom. The molecule has 0 spiro atoms. The zero-order valence-electron chi connectivity index (χ0n) is 13.0. The van der Waals surface area contributed by atoms with E-state index >= 15 is 0 Å². The third kappa shape index (κ3) is 3.90. The molecule has 2 aromatic rings. The molecular weight excluding hydrogens is 264 g/mol. The largest absolute Gasteiger partial charge is 0.309 e. The number of benzene rings is 1. The second kappa shape index (κ2) is 6.06. The average molecular weight is 288 g/mol. The van der Waals surface area contributed by atoms with Gasteiger partial charge in [-0.3, -0.25) is 0 Å². The second-order valence-corrected chi connectivity index (χ2v) is 7.37. The molecule has 0 fully saturated rings. The summed E-state index contributed by atoms with van der Waals surface area (Å²) in [6.45, 7) is 11.9. The molecule has 0 aliphatic heterocycles. The molecule has 1 heterocycles. The third-order valence-corrected chi connectivity index (χ3v) is 4.18. The van der Waals surface area contributed by atoms with Crippen LogP contribution in [0.3, 0.4) is 0 Å². The van der Waals surface area contributed by atoms with Crippen LogP contribution in [0.1, 0.15) is 45.9 Å². The van der Waals surface area contributed by atoms with Crippen LogP contribution in [0.25, 0.3) is 10.6 Å². The van der Waals surface area contributed by atoms with Gasteiger partial charge in [0.25, 0.3) is 0 Å². The maximum Gasteiger partial charge on any atom is 0.123 e. The lowest BCUT2D eigenvalue weighted by Crippen LogP contribution is -2.21. The van der Waals surface area contributed by atoms with Gasteiger partial charge in [-0.15, -0.1) is 11.3 Å². The van der Waals surface area contributed by atoms with Crippen molar-refractivity contribution in [2.45, 2.75) is 52.6 Å². The molecule has 0 aliphatic rings. The highest BCUT2D eigenvalue weighted by molar-refractivity contribution is 7.13. The van der Waals surface area contributed by atoms with Crippen molar-refractivity contribution in [1.29, 1.82) is 0 Å². The molecule has 0 radical (unpaired) electrons. The van der Waals surface area contributed by atoms with E-state index in [0.717, 1.165) is 17.2 Å². The highest BCUT2D eigenvalue weighted by Gasteiger charge is 2.13. The van der Waals surface area contributed by atoms with E-state index in [4.69, 9.17) is 4.98 Å². The number of nitrogens with zero attached hydrogens (tertiary/aromatic N) is 1. The lowest BCUT2D eigenvalue weighted by Gasteiger charge is -2.18. The number of aromatic nitrogens is 1. The van der Waals surface area contributed by atoms with Gasteiger partial charge in [0.1, 0.15) is 5.01 Å². The number of hydrogen-bond acceptors (Lipinski definition) is 3. The van der Waals surface area contributed by atoms with E-state index in [1.165, 1.54) is 11.1 Å².